The average molecular weight is 322 g/mol. The topological polar surface area (TPSA) is 59.3 Å². The lowest BCUT2D eigenvalue weighted by Crippen LogP contribution is -2.28. The van der Waals surface area contributed by atoms with E-state index in [9.17, 15) is 4.79 Å². The lowest BCUT2D eigenvalue weighted by molar-refractivity contribution is 0.0936. The van der Waals surface area contributed by atoms with Crippen molar-refractivity contribution in [3.63, 3.8) is 0 Å². The van der Waals surface area contributed by atoms with Crippen molar-refractivity contribution in [1.82, 2.24) is 19.7 Å². The third-order valence-corrected chi connectivity index (χ3v) is 4.19. The van der Waals surface area contributed by atoms with Gasteiger partial charge in [0.2, 0.25) is 0 Å². The van der Waals surface area contributed by atoms with Gasteiger partial charge in [0, 0.05) is 23.8 Å². The van der Waals surface area contributed by atoms with Crippen LogP contribution in [0.1, 0.15) is 52.4 Å². The Hall–Kier alpha value is -2.69. The highest BCUT2D eigenvalue weighted by Gasteiger charge is 2.19. The zero-order chi connectivity index (χ0) is 17.3. The molecule has 1 amide bonds. The molecule has 1 unspecified atom stereocenters. The smallest absolute Gasteiger partial charge is 0.255 e. The van der Waals surface area contributed by atoms with Gasteiger partial charge in [0.25, 0.3) is 5.91 Å². The normalized spacial score (nSPS) is 12.3. The van der Waals surface area contributed by atoms with Crippen LogP contribution in [0.2, 0.25) is 0 Å². The van der Waals surface area contributed by atoms with Gasteiger partial charge < -0.3 is 9.72 Å². The third kappa shape index (κ3) is 3.02. The minimum Gasteiger partial charge on any atom is -0.344 e. The van der Waals surface area contributed by atoms with Crippen LogP contribution in [0.4, 0.5) is 0 Å². The quantitative estimate of drug-likeness (QED) is 0.799. The van der Waals surface area contributed by atoms with Crippen molar-refractivity contribution in [3.05, 3.63) is 64.9 Å². The molecule has 24 heavy (non-hydrogen) atoms. The number of carbonyl (C=O) groups is 1. The van der Waals surface area contributed by atoms with Crippen molar-refractivity contribution in [2.24, 2.45) is 0 Å². The number of rotatable bonds is 4. The van der Waals surface area contributed by atoms with Gasteiger partial charge in [-0.05, 0) is 57.0 Å². The molecule has 0 fully saturated rings. The molecule has 0 spiro atoms. The Kier molecular flexibility index (Phi) is 4.34. The Bertz CT molecular complexity index is 898. The zero-order valence-corrected chi connectivity index (χ0v) is 14.5. The molecule has 124 valence electrons. The van der Waals surface area contributed by atoms with Gasteiger partial charge in [-0.1, -0.05) is 6.92 Å². The van der Waals surface area contributed by atoms with Gasteiger partial charge in [0.15, 0.2) is 0 Å². The van der Waals surface area contributed by atoms with E-state index in [4.69, 9.17) is 0 Å². The molecule has 3 heterocycles. The van der Waals surface area contributed by atoms with Crippen LogP contribution in [0.15, 0.2) is 36.7 Å². The van der Waals surface area contributed by atoms with Gasteiger partial charge in [-0.3, -0.25) is 9.78 Å². The second kappa shape index (κ2) is 6.43. The van der Waals surface area contributed by atoms with E-state index < -0.39 is 0 Å². The molecule has 0 saturated heterocycles. The number of carbonyl (C=O) groups excluding carboxylic acids is 1. The second-order valence-corrected chi connectivity index (χ2v) is 6.15. The van der Waals surface area contributed by atoms with Crippen molar-refractivity contribution in [3.8, 4) is 0 Å². The molecule has 5 nitrogen and oxygen atoms in total. The van der Waals surface area contributed by atoms with Crippen LogP contribution in [0, 0.1) is 20.8 Å². The number of aromatic nitrogens is 3. The summed E-state index contributed by atoms with van der Waals surface area (Å²) in [7, 11) is 0. The molecule has 0 aliphatic carbocycles. The van der Waals surface area contributed by atoms with E-state index in [-0.39, 0.29) is 11.9 Å². The molecule has 3 rings (SSSR count). The van der Waals surface area contributed by atoms with E-state index in [2.05, 4.69) is 15.3 Å². The number of pyridine rings is 1. The van der Waals surface area contributed by atoms with Crippen molar-refractivity contribution in [2.75, 3.05) is 0 Å². The lowest BCUT2D eigenvalue weighted by Gasteiger charge is -2.16. The first kappa shape index (κ1) is 16.2. The van der Waals surface area contributed by atoms with Crippen molar-refractivity contribution < 1.29 is 4.79 Å². The standard InChI is InChI=1S/C19H22N4O/c1-5-16(17-10-12(2)6-8-20-17)22-19(24)15-7-9-23-14(4)11-13(3)21-18(15)23/h6-11,16H,5H2,1-4H3,(H,22,24). The summed E-state index contributed by atoms with van der Waals surface area (Å²) in [5.41, 5.74) is 5.26. The highest BCUT2D eigenvalue weighted by atomic mass is 16.1. The monoisotopic (exact) mass is 322 g/mol. The molecule has 3 aromatic rings. The number of aryl methyl sites for hydroxylation is 3. The molecule has 1 N–H and O–H groups in total. The fourth-order valence-corrected chi connectivity index (χ4v) is 2.94. The number of nitrogens with one attached hydrogen (secondary N) is 1. The van der Waals surface area contributed by atoms with Gasteiger partial charge in [-0.25, -0.2) is 4.98 Å². The van der Waals surface area contributed by atoms with E-state index >= 15 is 0 Å². The van der Waals surface area contributed by atoms with Crippen LogP contribution in [-0.4, -0.2) is 20.3 Å². The maximum atomic E-state index is 12.8. The number of hydrogen-bond acceptors (Lipinski definition) is 3. The van der Waals surface area contributed by atoms with Crippen LogP contribution < -0.4 is 5.32 Å². The highest BCUT2D eigenvalue weighted by molar-refractivity contribution is 6.00. The summed E-state index contributed by atoms with van der Waals surface area (Å²) < 4.78 is 1.94. The Morgan fingerprint density at radius 2 is 2.04 bits per heavy atom. The van der Waals surface area contributed by atoms with E-state index in [0.717, 1.165) is 29.1 Å². The van der Waals surface area contributed by atoms with E-state index in [1.165, 1.54) is 0 Å². The highest BCUT2D eigenvalue weighted by Crippen LogP contribution is 2.18. The Labute approximate surface area is 141 Å². The van der Waals surface area contributed by atoms with Gasteiger partial charge in [-0.2, -0.15) is 0 Å². The Morgan fingerprint density at radius 3 is 2.75 bits per heavy atom. The van der Waals surface area contributed by atoms with Crippen molar-refractivity contribution in [1.29, 1.82) is 0 Å². The minimum absolute atomic E-state index is 0.113. The molecular formula is C19H22N4O. The second-order valence-electron chi connectivity index (χ2n) is 6.15. The molecule has 3 aromatic heterocycles. The van der Waals surface area contributed by atoms with Crippen LogP contribution >= 0.6 is 0 Å². The van der Waals surface area contributed by atoms with Crippen LogP contribution in [-0.2, 0) is 0 Å². The fraction of sp³-hybridized carbons (Fsp3) is 0.316. The number of nitrogens with zero attached hydrogens (tertiary/aromatic N) is 3. The molecule has 1 atom stereocenters. The number of amides is 1. The van der Waals surface area contributed by atoms with Gasteiger partial charge in [0.1, 0.15) is 5.65 Å². The van der Waals surface area contributed by atoms with E-state index in [1.54, 1.807) is 6.20 Å². The maximum absolute atomic E-state index is 12.8. The average Bonchev–Trinajstić information content (AvgIpc) is 2.96. The van der Waals surface area contributed by atoms with Gasteiger partial charge >= 0.3 is 0 Å². The van der Waals surface area contributed by atoms with Crippen LogP contribution in [0.5, 0.6) is 0 Å². The molecule has 0 aliphatic rings. The van der Waals surface area contributed by atoms with Gasteiger partial charge in [-0.15, -0.1) is 0 Å². The summed E-state index contributed by atoms with van der Waals surface area (Å²) in [6.45, 7) is 8.01. The molecule has 0 saturated carbocycles. The summed E-state index contributed by atoms with van der Waals surface area (Å²) >= 11 is 0. The third-order valence-electron chi connectivity index (χ3n) is 4.19. The molecule has 5 heteroatoms. The van der Waals surface area contributed by atoms with E-state index in [0.29, 0.717) is 11.2 Å². The fourth-order valence-electron chi connectivity index (χ4n) is 2.94. The SMILES string of the molecule is CCC(NC(=O)c1ccn2c(C)cc(C)nc12)c1cc(C)ccn1. The molecule has 0 aliphatic heterocycles. The number of fused-ring (bicyclic) bond motifs is 1. The summed E-state index contributed by atoms with van der Waals surface area (Å²) in [5, 5.41) is 3.09. The lowest BCUT2D eigenvalue weighted by atomic mass is 10.1. The molecular weight excluding hydrogens is 300 g/mol. The Balaban J connectivity index is 1.92. The Morgan fingerprint density at radius 1 is 1.25 bits per heavy atom. The zero-order valence-electron chi connectivity index (χ0n) is 14.5. The van der Waals surface area contributed by atoms with Crippen LogP contribution in [0.3, 0.4) is 0 Å². The van der Waals surface area contributed by atoms with E-state index in [1.807, 2.05) is 62.6 Å². The molecule has 0 aromatic carbocycles. The predicted octanol–water partition coefficient (Wildman–Crippen LogP) is 3.54. The van der Waals surface area contributed by atoms with Gasteiger partial charge in [0.05, 0.1) is 17.3 Å². The number of hydrogen-bond donors (Lipinski definition) is 1. The minimum atomic E-state index is -0.120. The first-order valence-electron chi connectivity index (χ1n) is 8.18. The summed E-state index contributed by atoms with van der Waals surface area (Å²) in [5.74, 6) is -0.120. The maximum Gasteiger partial charge on any atom is 0.255 e. The first-order chi connectivity index (χ1) is 11.5. The van der Waals surface area contributed by atoms with Crippen molar-refractivity contribution in [2.45, 2.75) is 40.2 Å². The van der Waals surface area contributed by atoms with Crippen LogP contribution in [0.25, 0.3) is 5.65 Å². The summed E-state index contributed by atoms with van der Waals surface area (Å²) in [4.78, 5) is 21.7. The molecule has 0 bridgehead atoms. The molecule has 0 radical (unpaired) electrons. The predicted molar refractivity (Wildman–Crippen MR) is 94.1 cm³/mol. The summed E-state index contributed by atoms with van der Waals surface area (Å²) in [6, 6.07) is 7.67. The summed E-state index contributed by atoms with van der Waals surface area (Å²) in [6.07, 6.45) is 4.44. The van der Waals surface area contributed by atoms with Crippen molar-refractivity contribution >= 4 is 11.6 Å². The largest absolute Gasteiger partial charge is 0.344 e. The first-order valence-corrected chi connectivity index (χ1v) is 8.18.